The van der Waals surface area contributed by atoms with Gasteiger partial charge in [0.25, 0.3) is 0 Å². The summed E-state index contributed by atoms with van der Waals surface area (Å²) < 4.78 is 26.7. The van der Waals surface area contributed by atoms with Crippen LogP contribution < -0.4 is 11.1 Å². The SMILES string of the molecule is CNC(C)C1(F)CC(N)C(F)C1. The highest BCUT2D eigenvalue weighted by molar-refractivity contribution is 5.02. The van der Waals surface area contributed by atoms with E-state index in [0.29, 0.717) is 0 Å². The van der Waals surface area contributed by atoms with Crippen LogP contribution in [0.3, 0.4) is 0 Å². The van der Waals surface area contributed by atoms with Crippen LogP contribution in [0.5, 0.6) is 0 Å². The molecule has 0 aliphatic heterocycles. The Labute approximate surface area is 71.5 Å². The van der Waals surface area contributed by atoms with Crippen molar-refractivity contribution in [3.63, 3.8) is 0 Å². The standard InChI is InChI=1S/C8H16F2N2/c1-5(12-2)8(10)3-6(9)7(11)4-8/h5-7,12H,3-4,11H2,1-2H3. The molecule has 0 radical (unpaired) electrons. The van der Waals surface area contributed by atoms with Crippen molar-refractivity contribution in [1.82, 2.24) is 5.32 Å². The first-order valence-electron chi connectivity index (χ1n) is 4.25. The first kappa shape index (κ1) is 9.86. The zero-order valence-electron chi connectivity index (χ0n) is 7.48. The molecule has 4 heteroatoms. The predicted octanol–water partition coefficient (Wildman–Crippen LogP) is 0.762. The Morgan fingerprint density at radius 2 is 2.17 bits per heavy atom. The summed E-state index contributed by atoms with van der Waals surface area (Å²) in [6.07, 6.45) is -1.14. The van der Waals surface area contributed by atoms with Crippen molar-refractivity contribution in [2.45, 2.75) is 43.7 Å². The lowest BCUT2D eigenvalue weighted by atomic mass is 9.96. The van der Waals surface area contributed by atoms with Gasteiger partial charge in [-0.25, -0.2) is 8.78 Å². The van der Waals surface area contributed by atoms with Gasteiger partial charge in [-0.05, 0) is 14.0 Å². The van der Waals surface area contributed by atoms with E-state index in [-0.39, 0.29) is 18.9 Å². The first-order valence-corrected chi connectivity index (χ1v) is 4.25. The van der Waals surface area contributed by atoms with Gasteiger partial charge in [0.05, 0.1) is 0 Å². The highest BCUT2D eigenvalue weighted by atomic mass is 19.2. The van der Waals surface area contributed by atoms with Crippen LogP contribution in [0.15, 0.2) is 0 Å². The molecular formula is C8H16F2N2. The van der Waals surface area contributed by atoms with Crippen molar-refractivity contribution in [3.05, 3.63) is 0 Å². The van der Waals surface area contributed by atoms with Crippen LogP contribution in [0.2, 0.25) is 0 Å². The lowest BCUT2D eigenvalue weighted by Crippen LogP contribution is -2.43. The first-order chi connectivity index (χ1) is 5.49. The quantitative estimate of drug-likeness (QED) is 0.655. The normalized spacial score (nSPS) is 44.8. The fourth-order valence-corrected chi connectivity index (χ4v) is 1.69. The second-order valence-corrected chi connectivity index (χ2v) is 3.63. The van der Waals surface area contributed by atoms with Crippen LogP contribution in [-0.2, 0) is 0 Å². The van der Waals surface area contributed by atoms with E-state index in [2.05, 4.69) is 5.32 Å². The number of nitrogens with one attached hydrogen (secondary N) is 1. The summed E-state index contributed by atoms with van der Waals surface area (Å²) >= 11 is 0. The lowest BCUT2D eigenvalue weighted by Gasteiger charge is -2.26. The van der Waals surface area contributed by atoms with Gasteiger partial charge < -0.3 is 11.1 Å². The van der Waals surface area contributed by atoms with Gasteiger partial charge in [-0.15, -0.1) is 0 Å². The third kappa shape index (κ3) is 1.59. The van der Waals surface area contributed by atoms with Crippen LogP contribution in [0.25, 0.3) is 0 Å². The van der Waals surface area contributed by atoms with E-state index < -0.39 is 17.9 Å². The van der Waals surface area contributed by atoms with Crippen LogP contribution >= 0.6 is 0 Å². The molecule has 72 valence electrons. The second-order valence-electron chi connectivity index (χ2n) is 3.63. The van der Waals surface area contributed by atoms with Crippen molar-refractivity contribution in [1.29, 1.82) is 0 Å². The summed E-state index contributed by atoms with van der Waals surface area (Å²) in [4.78, 5) is 0. The summed E-state index contributed by atoms with van der Waals surface area (Å²) in [5.74, 6) is 0. The minimum Gasteiger partial charge on any atom is -0.325 e. The van der Waals surface area contributed by atoms with E-state index >= 15 is 0 Å². The van der Waals surface area contributed by atoms with E-state index in [9.17, 15) is 8.78 Å². The maximum absolute atomic E-state index is 13.8. The van der Waals surface area contributed by atoms with E-state index in [1.165, 1.54) is 0 Å². The molecule has 12 heavy (non-hydrogen) atoms. The Morgan fingerprint density at radius 3 is 2.50 bits per heavy atom. The minimum atomic E-state index is -1.46. The van der Waals surface area contributed by atoms with E-state index in [4.69, 9.17) is 5.73 Å². The van der Waals surface area contributed by atoms with Crippen LogP contribution in [-0.4, -0.2) is 31.0 Å². The van der Waals surface area contributed by atoms with Crippen LogP contribution in [0.1, 0.15) is 19.8 Å². The molecule has 0 amide bonds. The Hall–Kier alpha value is -0.220. The molecular weight excluding hydrogens is 162 g/mol. The fourth-order valence-electron chi connectivity index (χ4n) is 1.69. The average Bonchev–Trinajstić information content (AvgIpc) is 2.26. The molecule has 0 heterocycles. The van der Waals surface area contributed by atoms with Crippen molar-refractivity contribution in [3.8, 4) is 0 Å². The number of halogens is 2. The maximum atomic E-state index is 13.8. The molecule has 2 nitrogen and oxygen atoms in total. The molecule has 4 unspecified atom stereocenters. The monoisotopic (exact) mass is 178 g/mol. The van der Waals surface area contributed by atoms with Gasteiger partial charge in [-0.3, -0.25) is 0 Å². The van der Waals surface area contributed by atoms with Crippen molar-refractivity contribution >= 4 is 0 Å². The van der Waals surface area contributed by atoms with Gasteiger partial charge in [0.2, 0.25) is 0 Å². The number of hydrogen-bond acceptors (Lipinski definition) is 2. The molecule has 1 fully saturated rings. The summed E-state index contributed by atoms with van der Waals surface area (Å²) in [7, 11) is 1.67. The average molecular weight is 178 g/mol. The Bertz CT molecular complexity index is 153. The molecule has 1 rings (SSSR count). The number of nitrogens with two attached hydrogens (primary N) is 1. The summed E-state index contributed by atoms with van der Waals surface area (Å²) in [5, 5.41) is 2.79. The van der Waals surface area contributed by atoms with Crippen molar-refractivity contribution < 1.29 is 8.78 Å². The molecule has 0 saturated heterocycles. The molecule has 1 aliphatic carbocycles. The van der Waals surface area contributed by atoms with Crippen molar-refractivity contribution in [2.75, 3.05) is 7.05 Å². The molecule has 0 bridgehead atoms. The third-order valence-electron chi connectivity index (χ3n) is 2.78. The molecule has 3 N–H and O–H groups in total. The number of hydrogen-bond donors (Lipinski definition) is 2. The number of alkyl halides is 2. The van der Waals surface area contributed by atoms with Gasteiger partial charge >= 0.3 is 0 Å². The predicted molar refractivity (Wildman–Crippen MR) is 44.5 cm³/mol. The summed E-state index contributed by atoms with van der Waals surface area (Å²) in [6.45, 7) is 1.71. The molecule has 0 aromatic heterocycles. The Morgan fingerprint density at radius 1 is 1.58 bits per heavy atom. The highest BCUT2D eigenvalue weighted by Crippen LogP contribution is 2.37. The molecule has 0 spiro atoms. The topological polar surface area (TPSA) is 38.0 Å². The molecule has 0 aromatic carbocycles. The number of rotatable bonds is 2. The van der Waals surface area contributed by atoms with E-state index in [1.54, 1.807) is 14.0 Å². The largest absolute Gasteiger partial charge is 0.325 e. The maximum Gasteiger partial charge on any atom is 0.130 e. The second kappa shape index (κ2) is 3.26. The smallest absolute Gasteiger partial charge is 0.130 e. The fraction of sp³-hybridized carbons (Fsp3) is 1.00. The van der Waals surface area contributed by atoms with Crippen LogP contribution in [0.4, 0.5) is 8.78 Å². The Balaban J connectivity index is 2.63. The van der Waals surface area contributed by atoms with Gasteiger partial charge in [-0.2, -0.15) is 0 Å². The summed E-state index contributed by atoms with van der Waals surface area (Å²) in [5.41, 5.74) is 3.94. The summed E-state index contributed by atoms with van der Waals surface area (Å²) in [6, 6.07) is -0.963. The van der Waals surface area contributed by atoms with Crippen molar-refractivity contribution in [2.24, 2.45) is 5.73 Å². The van der Waals surface area contributed by atoms with Crippen LogP contribution in [0, 0.1) is 0 Å². The third-order valence-corrected chi connectivity index (χ3v) is 2.78. The zero-order valence-corrected chi connectivity index (χ0v) is 7.48. The molecule has 1 aliphatic rings. The van der Waals surface area contributed by atoms with Gasteiger partial charge in [0.15, 0.2) is 0 Å². The molecule has 0 aromatic rings. The minimum absolute atomic E-state index is 0.0732. The van der Waals surface area contributed by atoms with Gasteiger partial charge in [-0.1, -0.05) is 0 Å². The molecule has 1 saturated carbocycles. The Kier molecular flexibility index (Phi) is 2.68. The van der Waals surface area contributed by atoms with E-state index in [0.717, 1.165) is 0 Å². The molecule has 4 atom stereocenters. The van der Waals surface area contributed by atoms with Gasteiger partial charge in [0, 0.05) is 24.9 Å². The van der Waals surface area contributed by atoms with Gasteiger partial charge in [0.1, 0.15) is 11.8 Å². The zero-order chi connectivity index (χ0) is 9.35. The highest BCUT2D eigenvalue weighted by Gasteiger charge is 2.47. The lowest BCUT2D eigenvalue weighted by molar-refractivity contribution is 0.115. The van der Waals surface area contributed by atoms with E-state index in [1.807, 2.05) is 0 Å².